The molecule has 2 heterocycles. The summed E-state index contributed by atoms with van der Waals surface area (Å²) in [7, 11) is 0. The van der Waals surface area contributed by atoms with Gasteiger partial charge in [-0.15, -0.1) is 0 Å². The number of carbonyl (C=O) groups is 2. The Labute approximate surface area is 183 Å². The van der Waals surface area contributed by atoms with Gasteiger partial charge >= 0.3 is 0 Å². The van der Waals surface area contributed by atoms with Crippen LogP contribution in [0.3, 0.4) is 0 Å². The summed E-state index contributed by atoms with van der Waals surface area (Å²) in [6.07, 6.45) is 8.99. The molecule has 2 aromatic heterocycles. The van der Waals surface area contributed by atoms with Crippen LogP contribution in [0.1, 0.15) is 22.8 Å². The third kappa shape index (κ3) is 6.02. The fourth-order valence-corrected chi connectivity index (χ4v) is 2.68. The van der Waals surface area contributed by atoms with Crippen molar-refractivity contribution in [1.29, 1.82) is 5.26 Å². The molecule has 0 unspecified atom stereocenters. The Bertz CT molecular complexity index is 1130. The number of aromatic nitrogens is 4. The average Bonchev–Trinajstić information content (AvgIpc) is 3.52. The van der Waals surface area contributed by atoms with Crippen LogP contribution in [-0.4, -0.2) is 31.8 Å². The van der Waals surface area contributed by atoms with Crippen LogP contribution < -0.4 is 10.6 Å². The molecule has 0 aliphatic carbocycles. The van der Waals surface area contributed by atoms with Gasteiger partial charge in [-0.1, -0.05) is 24.3 Å². The lowest BCUT2D eigenvalue weighted by atomic mass is 10.1. The second kappa shape index (κ2) is 10.7. The number of amides is 2. The summed E-state index contributed by atoms with van der Waals surface area (Å²) in [6.45, 7) is 7.60. The molecule has 2 amide bonds. The topological polar surface area (TPSA) is 144 Å². The predicted octanol–water partition coefficient (Wildman–Crippen LogP) is 1.93. The van der Waals surface area contributed by atoms with Gasteiger partial charge in [0.15, 0.2) is 0 Å². The van der Waals surface area contributed by atoms with E-state index in [-0.39, 0.29) is 24.4 Å². The molecule has 0 aliphatic rings. The molecular weight excluding hydrogens is 408 g/mol. The summed E-state index contributed by atoms with van der Waals surface area (Å²) in [6, 6.07) is 9.10. The second-order valence-electron chi connectivity index (χ2n) is 6.45. The van der Waals surface area contributed by atoms with Crippen LogP contribution in [-0.2, 0) is 22.7 Å². The molecule has 3 rings (SSSR count). The van der Waals surface area contributed by atoms with Crippen molar-refractivity contribution in [1.82, 2.24) is 30.6 Å². The van der Waals surface area contributed by atoms with E-state index in [0.29, 0.717) is 11.6 Å². The number of nitrogens with one attached hydrogen (secondary N) is 4. The van der Waals surface area contributed by atoms with Gasteiger partial charge in [-0.3, -0.25) is 9.59 Å². The summed E-state index contributed by atoms with van der Waals surface area (Å²) >= 11 is 0. The highest BCUT2D eigenvalue weighted by molar-refractivity contribution is 6.01. The number of hydrogen-bond acceptors (Lipinski definition) is 5. The molecule has 0 saturated carbocycles. The van der Waals surface area contributed by atoms with Crippen LogP contribution in [0.2, 0.25) is 0 Å². The van der Waals surface area contributed by atoms with Crippen LogP contribution in [0.15, 0.2) is 60.3 Å². The van der Waals surface area contributed by atoms with Crippen molar-refractivity contribution in [2.45, 2.75) is 13.1 Å². The zero-order valence-electron chi connectivity index (χ0n) is 16.8. The highest BCUT2D eigenvalue weighted by atomic mass is 16.2. The van der Waals surface area contributed by atoms with Crippen LogP contribution in [0.5, 0.6) is 0 Å². The third-order valence-electron chi connectivity index (χ3n) is 4.21. The average molecular weight is 426 g/mol. The number of rotatable bonds is 8. The fraction of sp³-hybridized carbons (Fsp3) is 0.0909. The van der Waals surface area contributed by atoms with E-state index in [1.54, 1.807) is 18.5 Å². The maximum Gasteiger partial charge on any atom is 0.262 e. The van der Waals surface area contributed by atoms with E-state index in [4.69, 9.17) is 6.57 Å². The van der Waals surface area contributed by atoms with Gasteiger partial charge in [-0.2, -0.15) is 5.26 Å². The van der Waals surface area contributed by atoms with Gasteiger partial charge in [0.05, 0.1) is 6.57 Å². The van der Waals surface area contributed by atoms with E-state index in [1.165, 1.54) is 24.5 Å². The molecule has 32 heavy (non-hydrogen) atoms. The number of aromatic amines is 2. The number of imidazole rings is 2. The van der Waals surface area contributed by atoms with Gasteiger partial charge in [0.1, 0.15) is 23.3 Å². The molecule has 0 saturated heterocycles. The first-order chi connectivity index (χ1) is 15.6. The minimum absolute atomic E-state index is 0.0709. The smallest absolute Gasteiger partial charge is 0.262 e. The molecule has 0 spiro atoms. The first kappa shape index (κ1) is 21.7. The molecule has 0 bridgehead atoms. The first-order valence-corrected chi connectivity index (χ1v) is 9.43. The zero-order chi connectivity index (χ0) is 22.8. The minimum Gasteiger partial charge on any atom is -0.357 e. The summed E-state index contributed by atoms with van der Waals surface area (Å²) < 4.78 is 0. The maximum absolute atomic E-state index is 12.3. The molecule has 0 aliphatic heterocycles. The van der Waals surface area contributed by atoms with Gasteiger partial charge in [-0.05, 0) is 17.2 Å². The number of nitrogens with zero attached hydrogens (tertiary/aromatic N) is 4. The lowest BCUT2D eigenvalue weighted by molar-refractivity contribution is -0.118. The van der Waals surface area contributed by atoms with E-state index < -0.39 is 11.8 Å². The molecule has 3 aromatic rings. The Kier molecular flexibility index (Phi) is 7.28. The molecule has 0 radical (unpaired) electrons. The summed E-state index contributed by atoms with van der Waals surface area (Å²) in [5.41, 5.74) is 1.42. The van der Waals surface area contributed by atoms with Crippen LogP contribution in [0.25, 0.3) is 17.0 Å². The predicted molar refractivity (Wildman–Crippen MR) is 115 cm³/mol. The van der Waals surface area contributed by atoms with Crippen LogP contribution in [0, 0.1) is 17.9 Å². The van der Waals surface area contributed by atoms with Crippen molar-refractivity contribution < 1.29 is 9.59 Å². The van der Waals surface area contributed by atoms with Gasteiger partial charge in [-0.25, -0.2) is 14.8 Å². The van der Waals surface area contributed by atoms with Gasteiger partial charge in [0.2, 0.25) is 0 Å². The molecule has 158 valence electrons. The van der Waals surface area contributed by atoms with Crippen molar-refractivity contribution in [2.24, 2.45) is 0 Å². The van der Waals surface area contributed by atoms with E-state index in [1.807, 2.05) is 24.3 Å². The van der Waals surface area contributed by atoms with Crippen LogP contribution >= 0.6 is 0 Å². The normalized spacial score (nSPS) is 11.3. The van der Waals surface area contributed by atoms with E-state index in [9.17, 15) is 14.9 Å². The molecule has 1 aromatic carbocycles. The highest BCUT2D eigenvalue weighted by Gasteiger charge is 2.11. The molecule has 0 atom stereocenters. The molecular formula is C22H18N8O2. The van der Waals surface area contributed by atoms with Crippen molar-refractivity contribution in [3.05, 3.63) is 94.5 Å². The Morgan fingerprint density at radius 2 is 1.62 bits per heavy atom. The first-order valence-electron chi connectivity index (χ1n) is 9.43. The second-order valence-corrected chi connectivity index (χ2v) is 6.45. The Morgan fingerprint density at radius 1 is 1.03 bits per heavy atom. The summed E-state index contributed by atoms with van der Waals surface area (Å²) in [4.78, 5) is 41.3. The number of benzene rings is 1. The maximum atomic E-state index is 12.3. The van der Waals surface area contributed by atoms with Crippen molar-refractivity contribution in [3.63, 3.8) is 0 Å². The van der Waals surface area contributed by atoms with E-state index >= 15 is 0 Å². The molecule has 10 nitrogen and oxygen atoms in total. The van der Waals surface area contributed by atoms with Gasteiger partial charge in [0, 0.05) is 44.0 Å². The highest BCUT2D eigenvalue weighted by Crippen LogP contribution is 2.08. The SMILES string of the molecule is [C-]#[N+]/C(=C/c1ncc[nH]1)C(=O)NCc1cccc(CNC(=O)/C(C#N)=C\c2ncc[nH]2)c1. The molecule has 10 heteroatoms. The third-order valence-corrected chi connectivity index (χ3v) is 4.21. The quantitative estimate of drug-likeness (QED) is 0.247. The monoisotopic (exact) mass is 426 g/mol. The van der Waals surface area contributed by atoms with Gasteiger partial charge in [0.25, 0.3) is 17.5 Å². The number of nitriles is 1. The lowest BCUT2D eigenvalue weighted by Gasteiger charge is -2.08. The lowest BCUT2D eigenvalue weighted by Crippen LogP contribution is -2.25. The standard InChI is InChI=1S/C22H18N8O2/c1-24-18(11-20-27-7-8-28-20)22(32)30-14-16-4-2-3-15(9-16)13-29-21(31)17(12-23)10-19-25-5-6-26-19/h2-11H,13-14H2,(H,25,26)(H,27,28)(H,29,31)(H,30,32)/b17-10-,18-11+. The Balaban J connectivity index is 1.57. The number of hydrogen-bond donors (Lipinski definition) is 4. The minimum atomic E-state index is -0.521. The van der Waals surface area contributed by atoms with Crippen molar-refractivity contribution in [3.8, 4) is 6.07 Å². The Hall–Kier alpha value is -4.96. The molecule has 0 fully saturated rings. The van der Waals surface area contributed by atoms with Crippen LogP contribution in [0.4, 0.5) is 0 Å². The Morgan fingerprint density at radius 3 is 2.16 bits per heavy atom. The van der Waals surface area contributed by atoms with Gasteiger partial charge < -0.3 is 20.6 Å². The number of carbonyl (C=O) groups excluding carboxylic acids is 2. The van der Waals surface area contributed by atoms with Crippen molar-refractivity contribution >= 4 is 24.0 Å². The summed E-state index contributed by atoms with van der Waals surface area (Å²) in [5.74, 6) is -0.208. The summed E-state index contributed by atoms with van der Waals surface area (Å²) in [5, 5.41) is 14.6. The fourth-order valence-electron chi connectivity index (χ4n) is 2.68. The zero-order valence-corrected chi connectivity index (χ0v) is 16.8. The molecule has 4 N–H and O–H groups in total. The number of H-pyrrole nitrogens is 2. The largest absolute Gasteiger partial charge is 0.357 e. The van der Waals surface area contributed by atoms with E-state index in [0.717, 1.165) is 11.1 Å². The van der Waals surface area contributed by atoms with Crippen molar-refractivity contribution in [2.75, 3.05) is 0 Å². The van der Waals surface area contributed by atoms with E-state index in [2.05, 4.69) is 35.4 Å².